The average Bonchev–Trinajstić information content (AvgIpc) is 3.63. The van der Waals surface area contributed by atoms with Crippen molar-refractivity contribution in [1.29, 1.82) is 0 Å². The number of unbranched alkanes of at least 4 members (excludes halogenated alkanes) is 45. The minimum atomic E-state index is 1.23. The molecule has 0 saturated carbocycles. The van der Waals surface area contributed by atoms with Crippen molar-refractivity contribution in [2.24, 2.45) is 0 Å². The van der Waals surface area contributed by atoms with Gasteiger partial charge >= 0.3 is 0 Å². The van der Waals surface area contributed by atoms with Crippen LogP contribution in [0.3, 0.4) is 0 Å². The van der Waals surface area contributed by atoms with E-state index < -0.39 is 0 Å². The maximum Gasteiger partial charge on any atom is 0.256 e. The van der Waals surface area contributed by atoms with Crippen molar-refractivity contribution < 1.29 is 4.57 Å². The van der Waals surface area contributed by atoms with Crippen molar-refractivity contribution in [2.45, 2.75) is 348 Å². The Morgan fingerprint density at radius 1 is 0.288 bits per heavy atom. The average molecular weight is 827 g/mol. The fourth-order valence-electron chi connectivity index (χ4n) is 9.68. The highest BCUT2D eigenvalue weighted by atomic mass is 15.1. The number of imidazole rings is 1. The standard InChI is InChI=1S/C57H113N2/c1-4-7-10-13-16-19-22-25-28-30-32-35-38-41-44-47-50-53-58-55-56-59(57(58)52-49-46-43-40-37-34-27-24-21-18-15-12-9-6-3)54-51-48-45-42-39-36-33-31-29-26-23-20-17-14-11-8-5-2/h55-56H,4-54H2,1-3H3/q+1. The summed E-state index contributed by atoms with van der Waals surface area (Å²) >= 11 is 0. The zero-order valence-corrected chi connectivity index (χ0v) is 41.6. The van der Waals surface area contributed by atoms with E-state index in [1.807, 2.05) is 0 Å². The molecule has 59 heavy (non-hydrogen) atoms. The second-order valence-corrected chi connectivity index (χ2v) is 19.8. The Morgan fingerprint density at radius 2 is 0.525 bits per heavy atom. The molecule has 1 rings (SSSR count). The molecular weight excluding hydrogens is 713 g/mol. The maximum atomic E-state index is 2.67. The smallest absolute Gasteiger partial charge is 0.234 e. The summed E-state index contributed by atoms with van der Waals surface area (Å²) in [5, 5.41) is 0. The molecule has 0 atom stereocenters. The second-order valence-electron chi connectivity index (χ2n) is 19.8. The fraction of sp³-hybridized carbons (Fsp3) is 0.947. The first-order chi connectivity index (χ1) is 29.3. The molecule has 0 aliphatic rings. The summed E-state index contributed by atoms with van der Waals surface area (Å²) < 4.78 is 5.34. The summed E-state index contributed by atoms with van der Waals surface area (Å²) in [6.45, 7) is 9.42. The SMILES string of the molecule is CCCCCCCCCCCCCCCCCCCn1cc[n+](CCCCCCCCCCCCCCCCCCC)c1CCCCCCCCCCCCCCCC. The van der Waals surface area contributed by atoms with E-state index >= 15 is 0 Å². The number of hydrogen-bond acceptors (Lipinski definition) is 0. The molecular formula is C57H113N2+. The number of aromatic nitrogens is 2. The lowest BCUT2D eigenvalue weighted by atomic mass is 10.0. The molecule has 0 aliphatic heterocycles. The molecule has 0 fully saturated rings. The van der Waals surface area contributed by atoms with Gasteiger partial charge in [-0.15, -0.1) is 0 Å². The molecule has 0 N–H and O–H groups in total. The molecule has 1 heterocycles. The monoisotopic (exact) mass is 826 g/mol. The molecule has 1 aromatic heterocycles. The van der Waals surface area contributed by atoms with Crippen LogP contribution in [0.25, 0.3) is 0 Å². The van der Waals surface area contributed by atoms with Crippen molar-refractivity contribution >= 4 is 0 Å². The lowest BCUT2D eigenvalue weighted by Gasteiger charge is -2.07. The zero-order chi connectivity index (χ0) is 42.2. The van der Waals surface area contributed by atoms with Crippen molar-refractivity contribution in [3.63, 3.8) is 0 Å². The van der Waals surface area contributed by atoms with Crippen LogP contribution in [0, 0.1) is 0 Å². The topological polar surface area (TPSA) is 8.81 Å². The minimum absolute atomic E-state index is 1.23. The lowest BCUT2D eigenvalue weighted by molar-refractivity contribution is -0.704. The van der Waals surface area contributed by atoms with Crippen molar-refractivity contribution in [1.82, 2.24) is 4.57 Å². The lowest BCUT2D eigenvalue weighted by Crippen LogP contribution is -2.37. The Hall–Kier alpha value is -0.790. The van der Waals surface area contributed by atoms with E-state index in [-0.39, 0.29) is 0 Å². The summed E-state index contributed by atoms with van der Waals surface area (Å²) in [4.78, 5) is 0. The van der Waals surface area contributed by atoms with Gasteiger partial charge in [-0.1, -0.05) is 297 Å². The van der Waals surface area contributed by atoms with Gasteiger partial charge in [-0.05, 0) is 32.1 Å². The predicted octanol–water partition coefficient (Wildman–Crippen LogP) is 20.1. The number of aryl methyl sites for hydroxylation is 2. The van der Waals surface area contributed by atoms with E-state index in [0.29, 0.717) is 0 Å². The third-order valence-electron chi connectivity index (χ3n) is 13.8. The first-order valence-corrected chi connectivity index (χ1v) is 28.4. The van der Waals surface area contributed by atoms with Crippen LogP contribution in [0.1, 0.15) is 335 Å². The molecule has 0 aromatic carbocycles. The Morgan fingerprint density at radius 3 is 0.814 bits per heavy atom. The third-order valence-corrected chi connectivity index (χ3v) is 13.8. The zero-order valence-electron chi connectivity index (χ0n) is 41.6. The summed E-state index contributed by atoms with van der Waals surface area (Å²) in [5.41, 5.74) is 0. The second kappa shape index (κ2) is 48.2. The molecule has 0 unspecified atom stereocenters. The molecule has 0 saturated heterocycles. The summed E-state index contributed by atoms with van der Waals surface area (Å²) in [7, 11) is 0. The number of hydrogen-bond donors (Lipinski definition) is 0. The predicted molar refractivity (Wildman–Crippen MR) is 267 cm³/mol. The van der Waals surface area contributed by atoms with Gasteiger partial charge in [-0.3, -0.25) is 0 Å². The summed E-state index contributed by atoms with van der Waals surface area (Å²) in [5.74, 6) is 1.64. The van der Waals surface area contributed by atoms with E-state index in [2.05, 4.69) is 42.3 Å². The molecule has 0 aliphatic carbocycles. The first kappa shape index (κ1) is 56.2. The van der Waals surface area contributed by atoms with Crippen LogP contribution in [0.4, 0.5) is 0 Å². The van der Waals surface area contributed by atoms with Gasteiger partial charge in [0.25, 0.3) is 5.82 Å². The van der Waals surface area contributed by atoms with Gasteiger partial charge in [0.2, 0.25) is 0 Å². The van der Waals surface area contributed by atoms with Crippen LogP contribution in [-0.4, -0.2) is 4.57 Å². The van der Waals surface area contributed by atoms with E-state index in [9.17, 15) is 0 Å². The highest BCUT2D eigenvalue weighted by Gasteiger charge is 2.16. The van der Waals surface area contributed by atoms with Crippen LogP contribution < -0.4 is 4.57 Å². The summed E-state index contributed by atoms with van der Waals surface area (Å²) in [6, 6.07) is 0. The largest absolute Gasteiger partial charge is 0.256 e. The summed E-state index contributed by atoms with van der Waals surface area (Å²) in [6.07, 6.45) is 75.8. The quantitative estimate of drug-likeness (QED) is 0.0457. The van der Waals surface area contributed by atoms with Crippen LogP contribution in [0.15, 0.2) is 12.4 Å². The van der Waals surface area contributed by atoms with Crippen molar-refractivity contribution in [2.75, 3.05) is 0 Å². The van der Waals surface area contributed by atoms with Crippen molar-refractivity contribution in [3.05, 3.63) is 18.2 Å². The Labute approximate surface area is 374 Å². The molecule has 1 aromatic rings. The van der Waals surface area contributed by atoms with Gasteiger partial charge < -0.3 is 0 Å². The van der Waals surface area contributed by atoms with Gasteiger partial charge in [0.1, 0.15) is 12.4 Å². The van der Waals surface area contributed by atoms with E-state index in [0.717, 1.165) is 0 Å². The molecule has 0 amide bonds. The number of rotatable bonds is 51. The Bertz CT molecular complexity index is 847. The first-order valence-electron chi connectivity index (χ1n) is 28.4. The molecule has 0 bridgehead atoms. The maximum absolute atomic E-state index is 2.67. The van der Waals surface area contributed by atoms with Crippen molar-refractivity contribution in [3.8, 4) is 0 Å². The van der Waals surface area contributed by atoms with Crippen LogP contribution in [0.2, 0.25) is 0 Å². The Kier molecular flexibility index (Phi) is 46.0. The molecule has 0 radical (unpaired) electrons. The number of nitrogens with zero attached hydrogens (tertiary/aromatic N) is 2. The molecule has 2 nitrogen and oxygen atoms in total. The van der Waals surface area contributed by atoms with Gasteiger partial charge in [0.05, 0.1) is 13.1 Å². The fourth-order valence-corrected chi connectivity index (χ4v) is 9.68. The van der Waals surface area contributed by atoms with Gasteiger partial charge in [0, 0.05) is 6.42 Å². The van der Waals surface area contributed by atoms with E-state index in [1.165, 1.54) is 328 Å². The van der Waals surface area contributed by atoms with Crippen LogP contribution >= 0.6 is 0 Å². The van der Waals surface area contributed by atoms with Gasteiger partial charge in [-0.25, -0.2) is 9.13 Å². The van der Waals surface area contributed by atoms with Gasteiger partial charge in [-0.2, -0.15) is 0 Å². The van der Waals surface area contributed by atoms with E-state index in [4.69, 9.17) is 0 Å². The molecule has 350 valence electrons. The third kappa shape index (κ3) is 39.8. The van der Waals surface area contributed by atoms with Crippen LogP contribution in [0.5, 0.6) is 0 Å². The van der Waals surface area contributed by atoms with Gasteiger partial charge in [0.15, 0.2) is 0 Å². The van der Waals surface area contributed by atoms with Crippen LogP contribution in [-0.2, 0) is 19.5 Å². The highest BCUT2D eigenvalue weighted by Crippen LogP contribution is 2.18. The normalized spacial score (nSPS) is 11.7. The van der Waals surface area contributed by atoms with E-state index in [1.54, 1.807) is 5.82 Å². The Balaban J connectivity index is 2.23. The highest BCUT2D eigenvalue weighted by molar-refractivity contribution is 4.84. The minimum Gasteiger partial charge on any atom is -0.234 e. The molecule has 0 spiro atoms. The molecule has 2 heteroatoms.